The van der Waals surface area contributed by atoms with E-state index in [0.717, 1.165) is 18.2 Å². The van der Waals surface area contributed by atoms with Gasteiger partial charge in [0.05, 0.1) is 28.4 Å². The molecule has 3 rings (SSSR count). The molecule has 194 valence electrons. The largest absolute Gasteiger partial charge is 0.490 e. The normalized spacial score (nSPS) is 11.3. The maximum absolute atomic E-state index is 12.8. The number of hydrazone groups is 1. The summed E-state index contributed by atoms with van der Waals surface area (Å²) >= 11 is 11.8. The maximum Gasteiger partial charge on any atom is 0.416 e. The van der Waals surface area contributed by atoms with Crippen LogP contribution in [0.1, 0.15) is 28.4 Å². The molecule has 0 heterocycles. The number of hydrogen-bond donors (Lipinski definition) is 2. The molecule has 0 unspecified atom stereocenters. The number of benzene rings is 3. The molecule has 0 spiro atoms. The second-order valence-electron chi connectivity index (χ2n) is 7.38. The highest BCUT2D eigenvalue weighted by molar-refractivity contribution is 6.42. The first-order valence-electron chi connectivity index (χ1n) is 10.7. The molecule has 3 aromatic carbocycles. The summed E-state index contributed by atoms with van der Waals surface area (Å²) in [5.41, 5.74) is 2.01. The summed E-state index contributed by atoms with van der Waals surface area (Å²) in [6, 6.07) is 13.4. The van der Waals surface area contributed by atoms with E-state index in [9.17, 15) is 22.8 Å². The standard InChI is InChI=1S/C25H20Cl2F3N3O4/c1-2-36-22-10-15(13-31-33-24(35)16-4-3-5-17(11-16)25(28,29)30)6-9-21(22)37-14-23(34)32-18-7-8-19(26)20(27)12-18/h3-13H,2,14H2,1H3,(H,32,34)(H,33,35)/b31-13+. The molecule has 0 fully saturated rings. The number of anilines is 1. The third-order valence-electron chi connectivity index (χ3n) is 4.66. The van der Waals surface area contributed by atoms with Gasteiger partial charge in [-0.1, -0.05) is 29.3 Å². The average Bonchev–Trinajstić information content (AvgIpc) is 2.85. The van der Waals surface area contributed by atoms with Crippen LogP contribution in [0.3, 0.4) is 0 Å². The van der Waals surface area contributed by atoms with E-state index < -0.39 is 23.6 Å². The number of rotatable bonds is 9. The molecule has 2 amide bonds. The van der Waals surface area contributed by atoms with Crippen LogP contribution < -0.4 is 20.2 Å². The molecule has 0 saturated carbocycles. The molecular formula is C25H20Cl2F3N3O4. The Kier molecular flexibility index (Phi) is 9.37. The summed E-state index contributed by atoms with van der Waals surface area (Å²) in [6.45, 7) is 1.75. The van der Waals surface area contributed by atoms with Crippen molar-refractivity contribution in [3.63, 3.8) is 0 Å². The predicted octanol–water partition coefficient (Wildman–Crippen LogP) is 6.19. The zero-order valence-electron chi connectivity index (χ0n) is 19.2. The Morgan fingerprint density at radius 1 is 0.973 bits per heavy atom. The number of nitrogens with one attached hydrogen (secondary N) is 2. The molecule has 0 bridgehead atoms. The SMILES string of the molecule is CCOc1cc(/C=N/NC(=O)c2cccc(C(F)(F)F)c2)ccc1OCC(=O)Nc1ccc(Cl)c(Cl)c1. The third kappa shape index (κ3) is 8.12. The molecule has 7 nitrogen and oxygen atoms in total. The zero-order valence-corrected chi connectivity index (χ0v) is 20.7. The van der Waals surface area contributed by atoms with Crippen molar-refractivity contribution in [2.75, 3.05) is 18.5 Å². The van der Waals surface area contributed by atoms with Crippen molar-refractivity contribution < 1.29 is 32.2 Å². The summed E-state index contributed by atoms with van der Waals surface area (Å²) in [5.74, 6) is -0.640. The highest BCUT2D eigenvalue weighted by Gasteiger charge is 2.30. The van der Waals surface area contributed by atoms with Gasteiger partial charge in [-0.05, 0) is 67.1 Å². The minimum Gasteiger partial charge on any atom is -0.490 e. The van der Waals surface area contributed by atoms with Crippen LogP contribution >= 0.6 is 23.2 Å². The molecule has 0 aromatic heterocycles. The van der Waals surface area contributed by atoms with Gasteiger partial charge in [0.1, 0.15) is 0 Å². The van der Waals surface area contributed by atoms with Gasteiger partial charge in [-0.3, -0.25) is 9.59 Å². The van der Waals surface area contributed by atoms with Crippen molar-refractivity contribution in [2.24, 2.45) is 5.10 Å². The Morgan fingerprint density at radius 3 is 2.46 bits per heavy atom. The molecule has 37 heavy (non-hydrogen) atoms. The van der Waals surface area contributed by atoms with Gasteiger partial charge in [-0.2, -0.15) is 18.3 Å². The number of halogens is 5. The van der Waals surface area contributed by atoms with E-state index in [2.05, 4.69) is 15.8 Å². The highest BCUT2D eigenvalue weighted by Crippen LogP contribution is 2.30. The fraction of sp³-hybridized carbons (Fsp3) is 0.160. The third-order valence-corrected chi connectivity index (χ3v) is 5.40. The van der Waals surface area contributed by atoms with E-state index in [0.29, 0.717) is 33.7 Å². The monoisotopic (exact) mass is 553 g/mol. The van der Waals surface area contributed by atoms with Gasteiger partial charge >= 0.3 is 6.18 Å². The molecule has 12 heteroatoms. The van der Waals surface area contributed by atoms with E-state index in [1.807, 2.05) is 0 Å². The van der Waals surface area contributed by atoms with E-state index in [4.69, 9.17) is 32.7 Å². The Labute approximate surface area is 220 Å². The van der Waals surface area contributed by atoms with Gasteiger partial charge < -0.3 is 14.8 Å². The fourth-order valence-electron chi connectivity index (χ4n) is 2.97. The molecule has 0 aliphatic carbocycles. The van der Waals surface area contributed by atoms with Crippen LogP contribution in [-0.4, -0.2) is 31.2 Å². The smallest absolute Gasteiger partial charge is 0.416 e. The van der Waals surface area contributed by atoms with Crippen LogP contribution in [0, 0.1) is 0 Å². The molecule has 0 radical (unpaired) electrons. The second kappa shape index (κ2) is 12.5. The first-order valence-corrected chi connectivity index (χ1v) is 11.5. The zero-order chi connectivity index (χ0) is 27.0. The van der Waals surface area contributed by atoms with Gasteiger partial charge in [0, 0.05) is 11.3 Å². The minimum atomic E-state index is -4.57. The number of carbonyl (C=O) groups excluding carboxylic acids is 2. The molecule has 2 N–H and O–H groups in total. The summed E-state index contributed by atoms with van der Waals surface area (Å²) in [7, 11) is 0. The van der Waals surface area contributed by atoms with Crippen molar-refractivity contribution in [1.29, 1.82) is 0 Å². The van der Waals surface area contributed by atoms with E-state index >= 15 is 0 Å². The van der Waals surface area contributed by atoms with Crippen molar-refractivity contribution >= 4 is 46.9 Å². The summed E-state index contributed by atoms with van der Waals surface area (Å²) in [4.78, 5) is 24.4. The van der Waals surface area contributed by atoms with Crippen LogP contribution in [0.5, 0.6) is 11.5 Å². The minimum absolute atomic E-state index is 0.190. The Balaban J connectivity index is 1.61. The number of carbonyl (C=O) groups is 2. The molecule has 0 atom stereocenters. The summed E-state index contributed by atoms with van der Waals surface area (Å²) in [6.07, 6.45) is -3.28. The lowest BCUT2D eigenvalue weighted by Crippen LogP contribution is -2.20. The van der Waals surface area contributed by atoms with Crippen LogP contribution in [0.15, 0.2) is 65.8 Å². The quantitative estimate of drug-likeness (QED) is 0.244. The van der Waals surface area contributed by atoms with Gasteiger partial charge in [-0.25, -0.2) is 5.43 Å². The van der Waals surface area contributed by atoms with Crippen molar-refractivity contribution in [3.8, 4) is 11.5 Å². The molecule has 3 aromatic rings. The van der Waals surface area contributed by atoms with Crippen LogP contribution in [0.4, 0.5) is 18.9 Å². The number of nitrogens with zero attached hydrogens (tertiary/aromatic N) is 1. The summed E-state index contributed by atoms with van der Waals surface area (Å²) < 4.78 is 49.7. The molecule has 0 aliphatic rings. The van der Waals surface area contributed by atoms with E-state index in [1.165, 1.54) is 18.3 Å². The van der Waals surface area contributed by atoms with E-state index in [-0.39, 0.29) is 17.9 Å². The predicted molar refractivity (Wildman–Crippen MR) is 135 cm³/mol. The number of hydrogen-bond acceptors (Lipinski definition) is 5. The Morgan fingerprint density at radius 2 is 1.76 bits per heavy atom. The molecule has 0 aliphatic heterocycles. The average molecular weight is 554 g/mol. The van der Waals surface area contributed by atoms with Gasteiger partial charge in [0.2, 0.25) is 0 Å². The van der Waals surface area contributed by atoms with Crippen molar-refractivity contribution in [1.82, 2.24) is 5.43 Å². The first-order chi connectivity index (χ1) is 17.6. The second-order valence-corrected chi connectivity index (χ2v) is 8.20. The Hall–Kier alpha value is -3.76. The number of alkyl halides is 3. The topological polar surface area (TPSA) is 89.0 Å². The van der Waals surface area contributed by atoms with Crippen molar-refractivity contribution in [2.45, 2.75) is 13.1 Å². The number of ether oxygens (including phenoxy) is 2. The number of amides is 2. The van der Waals surface area contributed by atoms with Crippen LogP contribution in [0.25, 0.3) is 0 Å². The maximum atomic E-state index is 12.8. The van der Waals surface area contributed by atoms with Gasteiger partial charge in [0.15, 0.2) is 18.1 Å². The van der Waals surface area contributed by atoms with Gasteiger partial charge in [0.25, 0.3) is 11.8 Å². The summed E-state index contributed by atoms with van der Waals surface area (Å²) in [5, 5.41) is 7.07. The van der Waals surface area contributed by atoms with Crippen LogP contribution in [0.2, 0.25) is 10.0 Å². The lowest BCUT2D eigenvalue weighted by molar-refractivity contribution is -0.137. The van der Waals surface area contributed by atoms with Crippen molar-refractivity contribution in [3.05, 3.63) is 87.4 Å². The fourth-order valence-corrected chi connectivity index (χ4v) is 3.27. The lowest BCUT2D eigenvalue weighted by Gasteiger charge is -2.13. The highest BCUT2D eigenvalue weighted by atomic mass is 35.5. The van der Waals surface area contributed by atoms with E-state index in [1.54, 1.807) is 37.3 Å². The first kappa shape index (κ1) is 27.8. The molecule has 0 saturated heterocycles. The lowest BCUT2D eigenvalue weighted by atomic mass is 10.1. The van der Waals surface area contributed by atoms with Crippen LogP contribution in [-0.2, 0) is 11.0 Å². The van der Waals surface area contributed by atoms with Gasteiger partial charge in [-0.15, -0.1) is 0 Å². The molecular weight excluding hydrogens is 534 g/mol. The Bertz CT molecular complexity index is 1320.